The third-order valence-electron chi connectivity index (χ3n) is 5.86. The van der Waals surface area contributed by atoms with Gasteiger partial charge in [0.15, 0.2) is 0 Å². The van der Waals surface area contributed by atoms with Crippen molar-refractivity contribution in [2.75, 3.05) is 18.4 Å². The zero-order chi connectivity index (χ0) is 21.1. The Morgan fingerprint density at radius 3 is 2.40 bits per heavy atom. The number of rotatable bonds is 5. The van der Waals surface area contributed by atoms with Crippen LogP contribution in [0, 0.1) is 12.8 Å². The summed E-state index contributed by atoms with van der Waals surface area (Å²) in [6, 6.07) is 21.3. The first-order valence-electron chi connectivity index (χ1n) is 10.2. The van der Waals surface area contributed by atoms with Crippen molar-refractivity contribution < 1.29 is 13.2 Å². The van der Waals surface area contributed by atoms with Crippen molar-refractivity contribution in [1.29, 1.82) is 0 Å². The number of amides is 1. The van der Waals surface area contributed by atoms with Gasteiger partial charge in [-0.05, 0) is 42.3 Å². The van der Waals surface area contributed by atoms with Gasteiger partial charge in [0, 0.05) is 30.1 Å². The van der Waals surface area contributed by atoms with Gasteiger partial charge in [-0.2, -0.15) is 0 Å². The molecule has 5 nitrogen and oxygen atoms in total. The number of hydrogen-bond donors (Lipinski definition) is 1. The molecule has 0 bridgehead atoms. The van der Waals surface area contributed by atoms with Crippen molar-refractivity contribution in [3.05, 3.63) is 77.9 Å². The van der Waals surface area contributed by atoms with E-state index in [1.807, 2.05) is 73.7 Å². The van der Waals surface area contributed by atoms with E-state index in [4.69, 9.17) is 0 Å². The van der Waals surface area contributed by atoms with Gasteiger partial charge in [-0.1, -0.05) is 60.7 Å². The quantitative estimate of drug-likeness (QED) is 0.666. The van der Waals surface area contributed by atoms with Crippen LogP contribution in [-0.2, 0) is 20.6 Å². The lowest BCUT2D eigenvalue weighted by molar-refractivity contribution is -0.120. The lowest BCUT2D eigenvalue weighted by Crippen LogP contribution is -2.42. The maximum absolute atomic E-state index is 12.8. The maximum atomic E-state index is 12.8. The highest BCUT2D eigenvalue weighted by Gasteiger charge is 2.31. The van der Waals surface area contributed by atoms with Crippen LogP contribution in [0.2, 0.25) is 0 Å². The second kappa shape index (κ2) is 8.58. The number of nitrogens with zero attached hydrogens (tertiary/aromatic N) is 1. The molecule has 1 aliphatic rings. The predicted molar refractivity (Wildman–Crippen MR) is 121 cm³/mol. The number of anilines is 1. The molecule has 1 aliphatic heterocycles. The third kappa shape index (κ3) is 4.40. The number of sulfonamides is 1. The van der Waals surface area contributed by atoms with Gasteiger partial charge in [-0.3, -0.25) is 4.79 Å². The van der Waals surface area contributed by atoms with Gasteiger partial charge in [-0.15, -0.1) is 0 Å². The van der Waals surface area contributed by atoms with Gasteiger partial charge in [0.1, 0.15) is 0 Å². The number of nitrogens with one attached hydrogen (secondary N) is 1. The van der Waals surface area contributed by atoms with E-state index in [2.05, 4.69) is 5.32 Å². The summed E-state index contributed by atoms with van der Waals surface area (Å²) in [5.74, 6) is -0.219. The molecule has 6 heteroatoms. The summed E-state index contributed by atoms with van der Waals surface area (Å²) in [6.07, 6.45) is 1.06. The number of fused-ring (bicyclic) bond motifs is 1. The fourth-order valence-corrected chi connectivity index (χ4v) is 5.69. The van der Waals surface area contributed by atoms with Crippen LogP contribution in [0.4, 0.5) is 5.69 Å². The lowest BCUT2D eigenvalue weighted by Gasteiger charge is -2.30. The topological polar surface area (TPSA) is 66.5 Å². The molecule has 1 fully saturated rings. The molecular formula is C24H26N2O3S. The normalized spacial score (nSPS) is 15.9. The molecule has 1 amide bonds. The molecule has 0 radical (unpaired) electrons. The van der Waals surface area contributed by atoms with Crippen LogP contribution in [0.3, 0.4) is 0 Å². The highest BCUT2D eigenvalue weighted by atomic mass is 32.2. The molecule has 1 saturated heterocycles. The first-order chi connectivity index (χ1) is 14.4. The number of carbonyl (C=O) groups excluding carboxylic acids is 1. The molecule has 0 saturated carbocycles. The minimum Gasteiger partial charge on any atom is -0.325 e. The van der Waals surface area contributed by atoms with Crippen LogP contribution >= 0.6 is 0 Å². The Hall–Kier alpha value is -2.70. The predicted octanol–water partition coefficient (Wildman–Crippen LogP) is 4.33. The SMILES string of the molecule is Cc1ccccc1CS(=O)(=O)N1CCC(C(=O)Nc2cccc3ccccc23)CC1. The summed E-state index contributed by atoms with van der Waals surface area (Å²) in [7, 11) is -3.39. The average molecular weight is 423 g/mol. The van der Waals surface area contributed by atoms with E-state index < -0.39 is 10.0 Å². The van der Waals surface area contributed by atoms with E-state index in [0.717, 1.165) is 27.6 Å². The van der Waals surface area contributed by atoms with Crippen LogP contribution in [0.15, 0.2) is 66.7 Å². The molecule has 1 N–H and O–H groups in total. The molecule has 3 aromatic rings. The van der Waals surface area contributed by atoms with Crippen molar-refractivity contribution in [3.8, 4) is 0 Å². The van der Waals surface area contributed by atoms with E-state index in [-0.39, 0.29) is 17.6 Å². The van der Waals surface area contributed by atoms with Crippen molar-refractivity contribution in [1.82, 2.24) is 4.31 Å². The Labute approximate surface area is 177 Å². The summed E-state index contributed by atoms with van der Waals surface area (Å²) in [5.41, 5.74) is 2.60. The Bertz CT molecular complexity index is 1160. The average Bonchev–Trinajstić information content (AvgIpc) is 2.75. The molecule has 0 aromatic heterocycles. The van der Waals surface area contributed by atoms with Crippen molar-refractivity contribution >= 4 is 32.4 Å². The fraction of sp³-hybridized carbons (Fsp3) is 0.292. The highest BCUT2D eigenvalue weighted by molar-refractivity contribution is 7.88. The summed E-state index contributed by atoms with van der Waals surface area (Å²) >= 11 is 0. The van der Waals surface area contributed by atoms with Gasteiger partial charge < -0.3 is 5.32 Å². The van der Waals surface area contributed by atoms with Crippen molar-refractivity contribution in [2.24, 2.45) is 5.92 Å². The minimum atomic E-state index is -3.39. The Kier molecular flexibility index (Phi) is 5.88. The number of aryl methyl sites for hydroxylation is 1. The zero-order valence-electron chi connectivity index (χ0n) is 17.0. The Morgan fingerprint density at radius 2 is 1.63 bits per heavy atom. The van der Waals surface area contributed by atoms with Crippen LogP contribution in [0.1, 0.15) is 24.0 Å². The minimum absolute atomic E-state index is 0.00649. The molecule has 156 valence electrons. The summed E-state index contributed by atoms with van der Waals surface area (Å²) in [5, 5.41) is 5.13. The van der Waals surface area contributed by atoms with Crippen LogP contribution < -0.4 is 5.32 Å². The monoisotopic (exact) mass is 422 g/mol. The highest BCUT2D eigenvalue weighted by Crippen LogP contribution is 2.27. The molecule has 30 heavy (non-hydrogen) atoms. The van der Waals surface area contributed by atoms with Gasteiger partial charge >= 0.3 is 0 Å². The molecule has 4 rings (SSSR count). The van der Waals surface area contributed by atoms with Crippen LogP contribution in [0.5, 0.6) is 0 Å². The zero-order valence-corrected chi connectivity index (χ0v) is 17.9. The summed E-state index contributed by atoms with van der Waals surface area (Å²) < 4.78 is 27.2. The number of piperidine rings is 1. The maximum Gasteiger partial charge on any atom is 0.227 e. The Balaban J connectivity index is 1.39. The van der Waals surface area contributed by atoms with E-state index >= 15 is 0 Å². The third-order valence-corrected chi connectivity index (χ3v) is 7.69. The second-order valence-electron chi connectivity index (χ2n) is 7.87. The molecule has 0 atom stereocenters. The van der Waals surface area contributed by atoms with Gasteiger partial charge in [0.2, 0.25) is 15.9 Å². The molecule has 0 aliphatic carbocycles. The van der Waals surface area contributed by atoms with Gasteiger partial charge in [0.05, 0.1) is 5.75 Å². The molecular weight excluding hydrogens is 396 g/mol. The van der Waals surface area contributed by atoms with E-state index in [0.29, 0.717) is 25.9 Å². The molecule has 0 unspecified atom stereocenters. The lowest BCUT2D eigenvalue weighted by atomic mass is 9.97. The Morgan fingerprint density at radius 1 is 0.967 bits per heavy atom. The van der Waals surface area contributed by atoms with E-state index in [9.17, 15) is 13.2 Å². The van der Waals surface area contributed by atoms with E-state index in [1.54, 1.807) is 0 Å². The first kappa shape index (κ1) is 20.6. The van der Waals surface area contributed by atoms with Crippen LogP contribution in [0.25, 0.3) is 10.8 Å². The number of carbonyl (C=O) groups is 1. The largest absolute Gasteiger partial charge is 0.325 e. The first-order valence-corrected chi connectivity index (χ1v) is 11.9. The smallest absolute Gasteiger partial charge is 0.227 e. The number of hydrogen-bond acceptors (Lipinski definition) is 3. The molecule has 3 aromatic carbocycles. The fourth-order valence-electron chi connectivity index (χ4n) is 4.03. The van der Waals surface area contributed by atoms with Crippen molar-refractivity contribution in [2.45, 2.75) is 25.5 Å². The standard InChI is InChI=1S/C24H26N2O3S/c1-18-7-2-3-9-21(18)17-30(28,29)26-15-13-20(14-16-26)24(27)25-23-12-6-10-19-8-4-5-11-22(19)23/h2-12,20H,13-17H2,1H3,(H,25,27). The van der Waals surface area contributed by atoms with Gasteiger partial charge in [0.25, 0.3) is 0 Å². The summed E-state index contributed by atoms with van der Waals surface area (Å²) in [6.45, 7) is 2.68. The second-order valence-corrected chi connectivity index (χ2v) is 9.84. The van der Waals surface area contributed by atoms with Crippen LogP contribution in [-0.4, -0.2) is 31.7 Å². The summed E-state index contributed by atoms with van der Waals surface area (Å²) in [4.78, 5) is 12.8. The number of benzene rings is 3. The van der Waals surface area contributed by atoms with Gasteiger partial charge in [-0.25, -0.2) is 12.7 Å². The molecule has 1 heterocycles. The van der Waals surface area contributed by atoms with Crippen molar-refractivity contribution in [3.63, 3.8) is 0 Å². The molecule has 0 spiro atoms. The van der Waals surface area contributed by atoms with E-state index in [1.165, 1.54) is 4.31 Å².